The highest BCUT2D eigenvalue weighted by Gasteiger charge is 2.12. The molecule has 0 spiro atoms. The van der Waals surface area contributed by atoms with Gasteiger partial charge in [0.25, 0.3) is 0 Å². The Morgan fingerprint density at radius 1 is 1.40 bits per heavy atom. The second kappa shape index (κ2) is 4.98. The number of methoxy groups -OCH3 is 1. The summed E-state index contributed by atoms with van der Waals surface area (Å²) in [6.45, 7) is 5.88. The van der Waals surface area contributed by atoms with Crippen LogP contribution in [0, 0.1) is 6.92 Å². The maximum absolute atomic E-state index is 5.93. The van der Waals surface area contributed by atoms with E-state index in [0.717, 1.165) is 11.2 Å². The Morgan fingerprint density at radius 2 is 2.07 bits per heavy atom. The van der Waals surface area contributed by atoms with Gasteiger partial charge in [-0.3, -0.25) is 0 Å². The summed E-state index contributed by atoms with van der Waals surface area (Å²) in [4.78, 5) is 4.06. The van der Waals surface area contributed by atoms with E-state index in [1.165, 1.54) is 6.33 Å². The van der Waals surface area contributed by atoms with Crippen molar-refractivity contribution in [2.24, 2.45) is 0 Å². The lowest BCUT2D eigenvalue weighted by atomic mass is 10.4. The molecule has 5 heteroatoms. The zero-order chi connectivity index (χ0) is 11.4. The van der Waals surface area contributed by atoms with Crippen molar-refractivity contribution in [1.29, 1.82) is 0 Å². The molecule has 15 heavy (non-hydrogen) atoms. The molecule has 0 bridgehead atoms. The number of aromatic nitrogens is 3. The van der Waals surface area contributed by atoms with Gasteiger partial charge in [0, 0.05) is 0 Å². The van der Waals surface area contributed by atoms with Gasteiger partial charge < -0.3 is 4.74 Å². The monoisotopic (exact) mass is 227 g/mol. The predicted octanol–water partition coefficient (Wildman–Crippen LogP) is 2.73. The molecular weight excluding hydrogens is 214 g/mol. The summed E-state index contributed by atoms with van der Waals surface area (Å²) in [5, 5.41) is 4.56. The standard InChI is InChI=1S/C8H8ClN3O.C2H6/c1-5-7-8(13-2)6(9)3-12(7)11-4-10-5;1-2/h3-4H,1-2H3;1-2H3. The summed E-state index contributed by atoms with van der Waals surface area (Å²) in [5.41, 5.74) is 1.66. The van der Waals surface area contributed by atoms with E-state index in [2.05, 4.69) is 10.1 Å². The van der Waals surface area contributed by atoms with Gasteiger partial charge in [-0.15, -0.1) is 0 Å². The Labute approximate surface area is 93.8 Å². The number of nitrogens with zero attached hydrogens (tertiary/aromatic N) is 3. The molecule has 2 heterocycles. The first-order chi connectivity index (χ1) is 7.24. The normalized spacial score (nSPS) is 9.67. The van der Waals surface area contributed by atoms with Gasteiger partial charge in [-0.1, -0.05) is 25.4 Å². The molecule has 82 valence electrons. The second-order valence-corrected chi connectivity index (χ2v) is 3.06. The molecule has 0 aromatic carbocycles. The van der Waals surface area contributed by atoms with Crippen LogP contribution in [-0.2, 0) is 0 Å². The van der Waals surface area contributed by atoms with Crippen molar-refractivity contribution >= 4 is 17.1 Å². The quantitative estimate of drug-likeness (QED) is 0.752. The minimum Gasteiger partial charge on any atom is -0.493 e. The topological polar surface area (TPSA) is 39.4 Å². The highest BCUT2D eigenvalue weighted by Crippen LogP contribution is 2.31. The van der Waals surface area contributed by atoms with Crippen molar-refractivity contribution in [3.05, 3.63) is 23.2 Å². The van der Waals surface area contributed by atoms with E-state index in [1.54, 1.807) is 17.8 Å². The van der Waals surface area contributed by atoms with Gasteiger partial charge in [-0.25, -0.2) is 9.50 Å². The molecule has 0 atom stereocenters. The zero-order valence-electron chi connectivity index (χ0n) is 9.28. The Balaban J connectivity index is 0.000000531. The minimum absolute atomic E-state index is 0.547. The van der Waals surface area contributed by atoms with Crippen molar-refractivity contribution in [3.63, 3.8) is 0 Å². The average Bonchev–Trinajstić information content (AvgIpc) is 2.58. The summed E-state index contributed by atoms with van der Waals surface area (Å²) >= 11 is 5.93. The van der Waals surface area contributed by atoms with Crippen molar-refractivity contribution in [2.45, 2.75) is 20.8 Å². The van der Waals surface area contributed by atoms with Gasteiger partial charge in [0.15, 0.2) is 5.75 Å². The second-order valence-electron chi connectivity index (χ2n) is 2.65. The number of aryl methyl sites for hydroxylation is 1. The number of hydrogen-bond acceptors (Lipinski definition) is 3. The van der Waals surface area contributed by atoms with E-state index in [1.807, 2.05) is 20.8 Å². The molecular formula is C10H14ClN3O. The van der Waals surface area contributed by atoms with Crippen LogP contribution in [0.4, 0.5) is 0 Å². The van der Waals surface area contributed by atoms with Crippen LogP contribution < -0.4 is 4.74 Å². The van der Waals surface area contributed by atoms with E-state index in [-0.39, 0.29) is 0 Å². The molecule has 2 aromatic heterocycles. The maximum Gasteiger partial charge on any atom is 0.166 e. The number of ether oxygens (including phenoxy) is 1. The largest absolute Gasteiger partial charge is 0.493 e. The lowest BCUT2D eigenvalue weighted by Crippen LogP contribution is -1.94. The van der Waals surface area contributed by atoms with Crippen molar-refractivity contribution < 1.29 is 4.74 Å². The summed E-state index contributed by atoms with van der Waals surface area (Å²) in [6, 6.07) is 0. The first-order valence-corrected chi connectivity index (χ1v) is 5.14. The SMILES string of the molecule is CC.COc1c(Cl)cn2ncnc(C)c12. The Kier molecular flexibility index (Phi) is 3.91. The van der Waals surface area contributed by atoms with Crippen LogP contribution in [0.1, 0.15) is 19.5 Å². The number of halogens is 1. The maximum atomic E-state index is 5.93. The van der Waals surface area contributed by atoms with E-state index < -0.39 is 0 Å². The molecule has 0 saturated heterocycles. The average molecular weight is 228 g/mol. The van der Waals surface area contributed by atoms with E-state index in [9.17, 15) is 0 Å². The molecule has 0 radical (unpaired) electrons. The van der Waals surface area contributed by atoms with Gasteiger partial charge in [-0.2, -0.15) is 5.10 Å². The van der Waals surface area contributed by atoms with Crippen molar-refractivity contribution in [2.75, 3.05) is 7.11 Å². The summed E-state index contributed by atoms with van der Waals surface area (Å²) in [6.07, 6.45) is 3.18. The van der Waals surface area contributed by atoms with Crippen LogP contribution in [0.2, 0.25) is 5.02 Å². The lowest BCUT2D eigenvalue weighted by Gasteiger charge is -1.99. The van der Waals surface area contributed by atoms with E-state index in [4.69, 9.17) is 16.3 Å². The van der Waals surface area contributed by atoms with Gasteiger partial charge in [-0.05, 0) is 6.92 Å². The summed E-state index contributed by atoms with van der Waals surface area (Å²) < 4.78 is 6.80. The third-order valence-corrected chi connectivity index (χ3v) is 2.14. The van der Waals surface area contributed by atoms with Crippen LogP contribution in [0.15, 0.2) is 12.5 Å². The third kappa shape index (κ3) is 2.04. The minimum atomic E-state index is 0.547. The predicted molar refractivity (Wildman–Crippen MR) is 60.6 cm³/mol. The van der Waals surface area contributed by atoms with Crippen LogP contribution in [0.3, 0.4) is 0 Å². The highest BCUT2D eigenvalue weighted by molar-refractivity contribution is 6.32. The van der Waals surface area contributed by atoms with E-state index in [0.29, 0.717) is 10.8 Å². The summed E-state index contributed by atoms with van der Waals surface area (Å²) in [7, 11) is 1.58. The Bertz CT molecular complexity index is 453. The van der Waals surface area contributed by atoms with Gasteiger partial charge >= 0.3 is 0 Å². The third-order valence-electron chi connectivity index (χ3n) is 1.87. The molecule has 0 amide bonds. The fourth-order valence-electron chi connectivity index (χ4n) is 1.29. The van der Waals surface area contributed by atoms with Crippen LogP contribution in [0.25, 0.3) is 5.52 Å². The molecule has 0 saturated carbocycles. The van der Waals surface area contributed by atoms with Crippen LogP contribution in [-0.4, -0.2) is 21.7 Å². The first kappa shape index (κ1) is 11.8. The molecule has 0 fully saturated rings. The number of rotatable bonds is 1. The zero-order valence-corrected chi connectivity index (χ0v) is 10.0. The highest BCUT2D eigenvalue weighted by atomic mass is 35.5. The number of fused-ring (bicyclic) bond motifs is 1. The molecule has 0 aliphatic rings. The molecule has 2 aromatic rings. The Hall–Kier alpha value is -1.29. The van der Waals surface area contributed by atoms with Crippen molar-refractivity contribution in [3.8, 4) is 5.75 Å². The van der Waals surface area contributed by atoms with Crippen molar-refractivity contribution in [1.82, 2.24) is 14.6 Å². The summed E-state index contributed by atoms with van der Waals surface area (Å²) in [5.74, 6) is 0.625. The smallest absolute Gasteiger partial charge is 0.166 e. The van der Waals surface area contributed by atoms with Crippen LogP contribution in [0.5, 0.6) is 5.75 Å². The molecule has 0 aliphatic heterocycles. The molecule has 0 aliphatic carbocycles. The number of hydrogen-bond donors (Lipinski definition) is 0. The first-order valence-electron chi connectivity index (χ1n) is 4.76. The van der Waals surface area contributed by atoms with Gasteiger partial charge in [0.1, 0.15) is 16.9 Å². The van der Waals surface area contributed by atoms with Gasteiger partial charge in [0.05, 0.1) is 19.0 Å². The molecule has 0 unspecified atom stereocenters. The Morgan fingerprint density at radius 3 is 2.67 bits per heavy atom. The molecule has 2 rings (SSSR count). The fourth-order valence-corrected chi connectivity index (χ4v) is 1.55. The molecule has 4 nitrogen and oxygen atoms in total. The molecule has 0 N–H and O–H groups in total. The van der Waals surface area contributed by atoms with Gasteiger partial charge in [0.2, 0.25) is 0 Å². The fraction of sp³-hybridized carbons (Fsp3) is 0.400. The van der Waals surface area contributed by atoms with Crippen LogP contribution >= 0.6 is 11.6 Å². The van der Waals surface area contributed by atoms with E-state index >= 15 is 0 Å². The lowest BCUT2D eigenvalue weighted by molar-refractivity contribution is 0.419.